The van der Waals surface area contributed by atoms with Gasteiger partial charge in [-0.1, -0.05) is 30.7 Å². The predicted octanol–water partition coefficient (Wildman–Crippen LogP) is 3.44. The highest BCUT2D eigenvalue weighted by Gasteiger charge is 2.41. The van der Waals surface area contributed by atoms with Gasteiger partial charge >= 0.3 is 0 Å². The highest BCUT2D eigenvalue weighted by molar-refractivity contribution is 6.30. The maximum absolute atomic E-state index is 12.7. The standard InChI is InChI=1S/C19H18ClN5O/c1-12-8-16(12)18(13-2-5-15(20)6-3-13)24-19(26)14-4-7-17(22-9-14)25-11-21-10-23-25/h2-7,9-12,16,18H,8H2,1H3,(H,24,26). The Labute approximate surface area is 156 Å². The molecule has 1 N–H and O–H groups in total. The van der Waals surface area contributed by atoms with Gasteiger partial charge < -0.3 is 5.32 Å². The van der Waals surface area contributed by atoms with Crippen molar-refractivity contribution in [1.29, 1.82) is 0 Å². The lowest BCUT2D eigenvalue weighted by Gasteiger charge is -2.19. The lowest BCUT2D eigenvalue weighted by atomic mass is 10.0. The zero-order valence-corrected chi connectivity index (χ0v) is 15.0. The fourth-order valence-electron chi connectivity index (χ4n) is 3.13. The zero-order chi connectivity index (χ0) is 18.1. The minimum atomic E-state index is -0.137. The number of aromatic nitrogens is 4. The third-order valence-electron chi connectivity index (χ3n) is 4.78. The molecule has 3 unspecified atom stereocenters. The summed E-state index contributed by atoms with van der Waals surface area (Å²) in [5, 5.41) is 7.88. The highest BCUT2D eigenvalue weighted by Crippen LogP contribution is 2.47. The highest BCUT2D eigenvalue weighted by atomic mass is 35.5. The summed E-state index contributed by atoms with van der Waals surface area (Å²) < 4.78 is 1.55. The molecule has 0 saturated heterocycles. The fourth-order valence-corrected chi connectivity index (χ4v) is 3.26. The van der Waals surface area contributed by atoms with E-state index in [1.165, 1.54) is 6.33 Å². The van der Waals surface area contributed by atoms with Gasteiger partial charge in [0, 0.05) is 11.2 Å². The van der Waals surface area contributed by atoms with Gasteiger partial charge in [0.15, 0.2) is 5.82 Å². The molecule has 0 bridgehead atoms. The average molecular weight is 368 g/mol. The number of hydrogen-bond donors (Lipinski definition) is 1. The van der Waals surface area contributed by atoms with Gasteiger partial charge in [-0.05, 0) is 48.1 Å². The lowest BCUT2D eigenvalue weighted by Crippen LogP contribution is -2.30. The van der Waals surface area contributed by atoms with Gasteiger partial charge in [0.25, 0.3) is 5.91 Å². The van der Waals surface area contributed by atoms with Crippen LogP contribution in [-0.4, -0.2) is 25.7 Å². The van der Waals surface area contributed by atoms with Crippen molar-refractivity contribution in [3.8, 4) is 5.82 Å². The van der Waals surface area contributed by atoms with Crippen molar-refractivity contribution < 1.29 is 4.79 Å². The molecular formula is C19H18ClN5O. The molecule has 1 fully saturated rings. The molecule has 6 nitrogen and oxygen atoms in total. The van der Waals surface area contributed by atoms with Gasteiger partial charge in [0.05, 0.1) is 11.6 Å². The molecule has 132 valence electrons. The second-order valence-electron chi connectivity index (χ2n) is 6.62. The van der Waals surface area contributed by atoms with E-state index in [2.05, 4.69) is 27.3 Å². The van der Waals surface area contributed by atoms with Gasteiger partial charge in [0.2, 0.25) is 0 Å². The largest absolute Gasteiger partial charge is 0.345 e. The van der Waals surface area contributed by atoms with Gasteiger partial charge in [-0.15, -0.1) is 0 Å². The number of halogens is 1. The number of nitrogens with one attached hydrogen (secondary N) is 1. The van der Waals surface area contributed by atoms with Crippen molar-refractivity contribution in [2.24, 2.45) is 11.8 Å². The van der Waals surface area contributed by atoms with Crippen LogP contribution in [0.3, 0.4) is 0 Å². The van der Waals surface area contributed by atoms with E-state index in [0.29, 0.717) is 28.2 Å². The molecule has 1 aliphatic carbocycles. The number of benzene rings is 1. The smallest absolute Gasteiger partial charge is 0.253 e. The number of amides is 1. The van der Waals surface area contributed by atoms with Crippen molar-refractivity contribution in [1.82, 2.24) is 25.1 Å². The average Bonchev–Trinajstić information content (AvgIpc) is 3.14. The third kappa shape index (κ3) is 3.46. The number of pyridine rings is 1. The van der Waals surface area contributed by atoms with Crippen LogP contribution in [0.2, 0.25) is 5.02 Å². The first kappa shape index (κ1) is 16.7. The molecule has 1 saturated carbocycles. The lowest BCUT2D eigenvalue weighted by molar-refractivity contribution is 0.0930. The summed E-state index contributed by atoms with van der Waals surface area (Å²) in [5.74, 6) is 1.53. The Kier molecular flexibility index (Phi) is 4.42. The van der Waals surface area contributed by atoms with Crippen LogP contribution in [0.15, 0.2) is 55.2 Å². The Balaban J connectivity index is 1.52. The molecule has 0 aliphatic heterocycles. The summed E-state index contributed by atoms with van der Waals surface area (Å²) in [6.45, 7) is 2.20. The molecule has 7 heteroatoms. The Bertz CT molecular complexity index is 893. The Hall–Kier alpha value is -2.73. The van der Waals surface area contributed by atoms with E-state index in [0.717, 1.165) is 12.0 Å². The van der Waals surface area contributed by atoms with Gasteiger partial charge in [-0.3, -0.25) is 4.79 Å². The summed E-state index contributed by atoms with van der Waals surface area (Å²) in [5.41, 5.74) is 1.59. The zero-order valence-electron chi connectivity index (χ0n) is 14.2. The topological polar surface area (TPSA) is 72.7 Å². The molecule has 3 atom stereocenters. The first-order chi connectivity index (χ1) is 12.6. The minimum Gasteiger partial charge on any atom is -0.345 e. The summed E-state index contributed by atoms with van der Waals surface area (Å²) in [6.07, 6.45) is 5.67. The summed E-state index contributed by atoms with van der Waals surface area (Å²) in [6, 6.07) is 11.1. The van der Waals surface area contributed by atoms with Crippen LogP contribution < -0.4 is 5.32 Å². The van der Waals surface area contributed by atoms with Crippen LogP contribution >= 0.6 is 11.6 Å². The summed E-state index contributed by atoms with van der Waals surface area (Å²) >= 11 is 5.99. The Morgan fingerprint density at radius 3 is 2.62 bits per heavy atom. The number of carbonyl (C=O) groups is 1. The van der Waals surface area contributed by atoms with E-state index in [1.807, 2.05) is 24.3 Å². The third-order valence-corrected chi connectivity index (χ3v) is 5.03. The number of rotatable bonds is 5. The SMILES string of the molecule is CC1CC1C(NC(=O)c1ccc(-n2cncn2)nc1)c1ccc(Cl)cc1. The molecule has 4 rings (SSSR count). The van der Waals surface area contributed by atoms with E-state index in [-0.39, 0.29) is 11.9 Å². The molecule has 0 spiro atoms. The van der Waals surface area contributed by atoms with Crippen LogP contribution in [-0.2, 0) is 0 Å². The molecule has 2 heterocycles. The van der Waals surface area contributed by atoms with Crippen molar-refractivity contribution >= 4 is 17.5 Å². The van der Waals surface area contributed by atoms with Crippen molar-refractivity contribution in [2.75, 3.05) is 0 Å². The number of carbonyl (C=O) groups excluding carboxylic acids is 1. The number of nitrogens with zero attached hydrogens (tertiary/aromatic N) is 4. The van der Waals surface area contributed by atoms with E-state index in [1.54, 1.807) is 29.3 Å². The fraction of sp³-hybridized carbons (Fsp3) is 0.263. The molecular weight excluding hydrogens is 350 g/mol. The summed E-state index contributed by atoms with van der Waals surface area (Å²) in [7, 11) is 0. The second kappa shape index (κ2) is 6.88. The monoisotopic (exact) mass is 367 g/mol. The van der Waals surface area contributed by atoms with Crippen LogP contribution in [0, 0.1) is 11.8 Å². The molecule has 1 amide bonds. The van der Waals surface area contributed by atoms with Crippen molar-refractivity contribution in [3.05, 3.63) is 71.4 Å². The minimum absolute atomic E-state index is 0.0234. The van der Waals surface area contributed by atoms with Crippen LogP contribution in [0.25, 0.3) is 5.82 Å². The van der Waals surface area contributed by atoms with Crippen LogP contribution in [0.1, 0.15) is 35.3 Å². The van der Waals surface area contributed by atoms with E-state index < -0.39 is 0 Å². The quantitative estimate of drug-likeness (QED) is 0.749. The van der Waals surface area contributed by atoms with Gasteiger partial charge in [0.1, 0.15) is 12.7 Å². The first-order valence-corrected chi connectivity index (χ1v) is 8.87. The second-order valence-corrected chi connectivity index (χ2v) is 7.06. The van der Waals surface area contributed by atoms with Gasteiger partial charge in [-0.2, -0.15) is 5.10 Å². The van der Waals surface area contributed by atoms with E-state index in [9.17, 15) is 4.79 Å². The summed E-state index contributed by atoms with van der Waals surface area (Å²) in [4.78, 5) is 20.9. The van der Waals surface area contributed by atoms with Crippen molar-refractivity contribution in [3.63, 3.8) is 0 Å². The van der Waals surface area contributed by atoms with E-state index in [4.69, 9.17) is 11.6 Å². The first-order valence-electron chi connectivity index (χ1n) is 8.49. The molecule has 2 aromatic heterocycles. The maximum Gasteiger partial charge on any atom is 0.253 e. The Morgan fingerprint density at radius 1 is 1.27 bits per heavy atom. The van der Waals surface area contributed by atoms with Crippen LogP contribution in [0.5, 0.6) is 0 Å². The maximum atomic E-state index is 12.7. The molecule has 1 aliphatic rings. The molecule has 26 heavy (non-hydrogen) atoms. The Morgan fingerprint density at radius 2 is 2.04 bits per heavy atom. The molecule has 3 aromatic rings. The number of hydrogen-bond acceptors (Lipinski definition) is 4. The van der Waals surface area contributed by atoms with E-state index >= 15 is 0 Å². The van der Waals surface area contributed by atoms with Gasteiger partial charge in [-0.25, -0.2) is 14.6 Å². The normalized spacial score (nSPS) is 19.8. The molecule has 0 radical (unpaired) electrons. The molecule has 1 aromatic carbocycles. The predicted molar refractivity (Wildman–Crippen MR) is 98.1 cm³/mol. The van der Waals surface area contributed by atoms with Crippen LogP contribution in [0.4, 0.5) is 0 Å². The van der Waals surface area contributed by atoms with Crippen molar-refractivity contribution in [2.45, 2.75) is 19.4 Å².